The van der Waals surface area contributed by atoms with E-state index in [1.165, 1.54) is 0 Å². The lowest BCUT2D eigenvalue weighted by Gasteiger charge is -1.99. The van der Waals surface area contributed by atoms with Gasteiger partial charge in [0.05, 0.1) is 0 Å². The Morgan fingerprint density at radius 3 is 3.00 bits per heavy atom. The molecule has 0 spiro atoms. The predicted octanol–water partition coefficient (Wildman–Crippen LogP) is 0.700. The van der Waals surface area contributed by atoms with Crippen molar-refractivity contribution in [1.82, 2.24) is 14.8 Å². The zero-order valence-electron chi connectivity index (χ0n) is 6.73. The fourth-order valence-electron chi connectivity index (χ4n) is 0.829. The van der Waals surface area contributed by atoms with Crippen molar-refractivity contribution in [2.75, 3.05) is 12.0 Å². The molecular formula is C6H10ClN3OS. The van der Waals surface area contributed by atoms with Crippen LogP contribution in [0.25, 0.3) is 0 Å². The maximum absolute atomic E-state index is 10.7. The van der Waals surface area contributed by atoms with Crippen LogP contribution in [0.3, 0.4) is 0 Å². The molecule has 0 saturated carbocycles. The molecule has 4 nitrogen and oxygen atoms in total. The molecule has 1 unspecified atom stereocenters. The minimum Gasteiger partial charge on any atom is -0.304 e. The first-order valence-electron chi connectivity index (χ1n) is 3.53. The highest BCUT2D eigenvalue weighted by molar-refractivity contribution is 7.84. The molecule has 0 aliphatic heterocycles. The lowest BCUT2D eigenvalue weighted by molar-refractivity contribution is 0.660. The van der Waals surface area contributed by atoms with E-state index in [1.54, 1.807) is 17.2 Å². The summed E-state index contributed by atoms with van der Waals surface area (Å²) in [6.45, 7) is 0.728. The van der Waals surface area contributed by atoms with Crippen molar-refractivity contribution in [3.63, 3.8) is 0 Å². The lowest BCUT2D eigenvalue weighted by Crippen LogP contribution is -2.02. The van der Waals surface area contributed by atoms with E-state index >= 15 is 0 Å². The Kier molecular flexibility index (Phi) is 3.68. The molecule has 1 aromatic rings. The number of nitrogens with zero attached hydrogens (tertiary/aromatic N) is 3. The van der Waals surface area contributed by atoms with E-state index in [0.29, 0.717) is 11.0 Å². The Bertz CT molecular complexity index is 276. The molecule has 12 heavy (non-hydrogen) atoms. The second kappa shape index (κ2) is 4.57. The average molecular weight is 208 g/mol. The third-order valence-electron chi connectivity index (χ3n) is 1.40. The number of halogens is 1. The van der Waals surface area contributed by atoms with Gasteiger partial charge in [0.2, 0.25) is 5.28 Å². The van der Waals surface area contributed by atoms with Gasteiger partial charge in [-0.05, 0) is 18.0 Å². The quantitative estimate of drug-likeness (QED) is 0.731. The summed E-state index contributed by atoms with van der Waals surface area (Å²) < 4.78 is 12.4. The van der Waals surface area contributed by atoms with Crippen LogP contribution < -0.4 is 0 Å². The molecule has 1 atom stereocenters. The van der Waals surface area contributed by atoms with E-state index < -0.39 is 10.8 Å². The Morgan fingerprint density at radius 2 is 2.50 bits per heavy atom. The third-order valence-corrected chi connectivity index (χ3v) is 2.56. The molecule has 0 fully saturated rings. The van der Waals surface area contributed by atoms with Crippen molar-refractivity contribution in [3.8, 4) is 0 Å². The molecule has 0 saturated heterocycles. The first-order valence-corrected chi connectivity index (χ1v) is 5.64. The zero-order chi connectivity index (χ0) is 8.97. The van der Waals surface area contributed by atoms with Crippen LogP contribution in [-0.2, 0) is 17.3 Å². The van der Waals surface area contributed by atoms with Crippen LogP contribution >= 0.6 is 11.6 Å². The summed E-state index contributed by atoms with van der Waals surface area (Å²) in [5.41, 5.74) is 0. The molecule has 0 aromatic carbocycles. The maximum atomic E-state index is 10.7. The molecule has 0 aliphatic rings. The second-order valence-electron chi connectivity index (χ2n) is 2.42. The lowest BCUT2D eigenvalue weighted by atomic mass is 10.5. The van der Waals surface area contributed by atoms with Crippen molar-refractivity contribution in [3.05, 3.63) is 11.6 Å². The summed E-state index contributed by atoms with van der Waals surface area (Å²) >= 11 is 5.67. The van der Waals surface area contributed by atoms with Crippen LogP contribution in [0.1, 0.15) is 6.42 Å². The van der Waals surface area contributed by atoms with E-state index in [2.05, 4.69) is 10.2 Å². The monoisotopic (exact) mass is 207 g/mol. The van der Waals surface area contributed by atoms with Gasteiger partial charge in [0.15, 0.2) is 0 Å². The van der Waals surface area contributed by atoms with Gasteiger partial charge in [-0.25, -0.2) is 0 Å². The fourth-order valence-corrected chi connectivity index (χ4v) is 1.54. The zero-order valence-corrected chi connectivity index (χ0v) is 8.31. The predicted molar refractivity (Wildman–Crippen MR) is 48.6 cm³/mol. The van der Waals surface area contributed by atoms with Crippen molar-refractivity contribution in [1.29, 1.82) is 0 Å². The first kappa shape index (κ1) is 9.67. The van der Waals surface area contributed by atoms with Crippen LogP contribution in [-0.4, -0.2) is 31.0 Å². The molecule has 1 aromatic heterocycles. The summed E-state index contributed by atoms with van der Waals surface area (Å²) in [6.07, 6.45) is 4.09. The second-order valence-corrected chi connectivity index (χ2v) is 4.32. The van der Waals surface area contributed by atoms with Crippen LogP contribution in [0.4, 0.5) is 0 Å². The molecule has 0 bridgehead atoms. The van der Waals surface area contributed by atoms with Gasteiger partial charge < -0.3 is 4.57 Å². The summed E-state index contributed by atoms with van der Waals surface area (Å²) in [4.78, 5) is 0. The largest absolute Gasteiger partial charge is 0.304 e. The van der Waals surface area contributed by atoms with E-state index in [-0.39, 0.29) is 0 Å². The Hall–Kier alpha value is -0.420. The molecule has 68 valence electrons. The van der Waals surface area contributed by atoms with Gasteiger partial charge in [-0.15, -0.1) is 10.2 Å². The van der Waals surface area contributed by atoms with Gasteiger partial charge in [-0.3, -0.25) is 4.21 Å². The minimum atomic E-state index is -0.731. The van der Waals surface area contributed by atoms with Gasteiger partial charge in [-0.1, -0.05) is 0 Å². The molecule has 1 heterocycles. The van der Waals surface area contributed by atoms with E-state index in [9.17, 15) is 4.21 Å². The average Bonchev–Trinajstić information content (AvgIpc) is 2.36. The molecule has 0 radical (unpaired) electrons. The maximum Gasteiger partial charge on any atom is 0.224 e. The number of aryl methyl sites for hydroxylation is 1. The number of hydrogen-bond donors (Lipinski definition) is 0. The molecular weight excluding hydrogens is 198 g/mol. The highest BCUT2D eigenvalue weighted by Crippen LogP contribution is 2.03. The van der Waals surface area contributed by atoms with Gasteiger partial charge in [0.25, 0.3) is 0 Å². The van der Waals surface area contributed by atoms with E-state index in [1.807, 2.05) is 0 Å². The van der Waals surface area contributed by atoms with Crippen LogP contribution in [0.2, 0.25) is 5.28 Å². The van der Waals surface area contributed by atoms with Gasteiger partial charge in [-0.2, -0.15) is 0 Å². The van der Waals surface area contributed by atoms with Crippen molar-refractivity contribution < 1.29 is 4.21 Å². The Labute approximate surface area is 78.4 Å². The molecule has 1 rings (SSSR count). The fraction of sp³-hybridized carbons (Fsp3) is 0.667. The topological polar surface area (TPSA) is 47.8 Å². The van der Waals surface area contributed by atoms with Crippen LogP contribution in [0.5, 0.6) is 0 Å². The third kappa shape index (κ3) is 2.91. The number of rotatable bonds is 4. The van der Waals surface area contributed by atoms with Gasteiger partial charge >= 0.3 is 0 Å². The highest BCUT2D eigenvalue weighted by Gasteiger charge is 1.99. The van der Waals surface area contributed by atoms with Crippen molar-refractivity contribution >= 4 is 22.4 Å². The van der Waals surface area contributed by atoms with Crippen LogP contribution in [0.15, 0.2) is 6.33 Å². The van der Waals surface area contributed by atoms with Gasteiger partial charge in [0.1, 0.15) is 6.33 Å². The minimum absolute atomic E-state index is 0.386. The summed E-state index contributed by atoms with van der Waals surface area (Å²) in [5.74, 6) is 0.689. The van der Waals surface area contributed by atoms with Crippen molar-refractivity contribution in [2.24, 2.45) is 0 Å². The summed E-state index contributed by atoms with van der Waals surface area (Å²) in [5, 5.41) is 7.63. The molecule has 0 amide bonds. The number of hydrogen-bond acceptors (Lipinski definition) is 3. The molecule has 6 heteroatoms. The van der Waals surface area contributed by atoms with Crippen LogP contribution in [0, 0.1) is 0 Å². The molecule has 0 aliphatic carbocycles. The van der Waals surface area contributed by atoms with Gasteiger partial charge in [0, 0.05) is 29.4 Å². The SMILES string of the molecule is CS(=O)CCCn1cnnc1Cl. The summed E-state index contributed by atoms with van der Waals surface area (Å²) in [6, 6.07) is 0. The summed E-state index contributed by atoms with van der Waals surface area (Å²) in [7, 11) is -0.731. The van der Waals surface area contributed by atoms with Crippen molar-refractivity contribution in [2.45, 2.75) is 13.0 Å². The Morgan fingerprint density at radius 1 is 1.75 bits per heavy atom. The first-order chi connectivity index (χ1) is 5.70. The normalized spacial score (nSPS) is 13.2. The standard InChI is InChI=1S/C6H10ClN3OS/c1-12(11)4-2-3-10-5-8-9-6(10)7/h5H,2-4H2,1H3. The van der Waals surface area contributed by atoms with E-state index in [0.717, 1.165) is 13.0 Å². The molecule has 0 N–H and O–H groups in total. The smallest absolute Gasteiger partial charge is 0.224 e. The number of aromatic nitrogens is 3. The van der Waals surface area contributed by atoms with E-state index in [4.69, 9.17) is 11.6 Å². The highest BCUT2D eigenvalue weighted by atomic mass is 35.5. The Balaban J connectivity index is 2.33.